The Morgan fingerprint density at radius 2 is 1.36 bits per heavy atom. The lowest BCUT2D eigenvalue weighted by atomic mass is 9.77. The van der Waals surface area contributed by atoms with Gasteiger partial charge in [0.1, 0.15) is 5.82 Å². The molecule has 4 rings (SSSR count). The minimum absolute atomic E-state index is 0.173. The van der Waals surface area contributed by atoms with Crippen molar-refractivity contribution in [1.82, 2.24) is 10.2 Å². The highest BCUT2D eigenvalue weighted by atomic mass is 19.4. The van der Waals surface area contributed by atoms with E-state index in [0.717, 1.165) is 47.4 Å². The summed E-state index contributed by atoms with van der Waals surface area (Å²) >= 11 is 0. The Labute approximate surface area is 252 Å². The molecule has 0 saturated carbocycles. The third-order valence-electron chi connectivity index (χ3n) is 6.80. The van der Waals surface area contributed by atoms with E-state index in [0.29, 0.717) is 17.7 Å². The summed E-state index contributed by atoms with van der Waals surface area (Å²) in [6, 6.07) is 15.6. The topological polar surface area (TPSA) is 58.6 Å². The monoisotopic (exact) mass is 636 g/mol. The first-order valence-corrected chi connectivity index (χ1v) is 13.1. The fraction of sp³-hybridized carbons (Fsp3) is 0.188. The highest BCUT2D eigenvalue weighted by molar-refractivity contribution is 5.95. The lowest BCUT2D eigenvalue weighted by Gasteiger charge is -2.37. The fourth-order valence-electron chi connectivity index (χ4n) is 4.60. The maximum absolute atomic E-state index is 14.9. The molecule has 236 valence electrons. The van der Waals surface area contributed by atoms with Gasteiger partial charge in [0.25, 0.3) is 5.91 Å². The number of ether oxygens (including phenoxy) is 1. The van der Waals surface area contributed by atoms with Crippen molar-refractivity contribution in [3.63, 3.8) is 0 Å². The fourth-order valence-corrected chi connectivity index (χ4v) is 4.60. The minimum atomic E-state index is -5.05. The van der Waals surface area contributed by atoms with Gasteiger partial charge >= 0.3 is 18.4 Å². The molecule has 0 aliphatic rings. The van der Waals surface area contributed by atoms with Crippen LogP contribution in [0.25, 0.3) is 0 Å². The second-order valence-electron chi connectivity index (χ2n) is 10.2. The minimum Gasteiger partial charge on any atom is -0.407 e. The van der Waals surface area contributed by atoms with Gasteiger partial charge in [-0.15, -0.1) is 0 Å². The van der Waals surface area contributed by atoms with Crippen LogP contribution in [-0.2, 0) is 24.3 Å². The van der Waals surface area contributed by atoms with Gasteiger partial charge in [0.2, 0.25) is 0 Å². The molecule has 1 N–H and O–H groups in total. The lowest BCUT2D eigenvalue weighted by molar-refractivity contribution is -0.138. The van der Waals surface area contributed by atoms with Gasteiger partial charge < -0.3 is 15.0 Å². The molecule has 0 aliphatic heterocycles. The van der Waals surface area contributed by atoms with Crippen LogP contribution >= 0.6 is 0 Å². The second kappa shape index (κ2) is 12.6. The first-order chi connectivity index (χ1) is 21.0. The largest absolute Gasteiger partial charge is 0.416 e. The molecule has 45 heavy (non-hydrogen) atoms. The number of amides is 2. The summed E-state index contributed by atoms with van der Waals surface area (Å²) in [6.07, 6.45) is -11.3. The molecule has 5 nitrogen and oxygen atoms in total. The third-order valence-corrected chi connectivity index (χ3v) is 6.80. The van der Waals surface area contributed by atoms with E-state index in [1.54, 1.807) is 30.3 Å². The highest BCUT2D eigenvalue weighted by Crippen LogP contribution is 2.40. The van der Waals surface area contributed by atoms with Crippen LogP contribution in [-0.4, -0.2) is 31.0 Å². The van der Waals surface area contributed by atoms with E-state index < -0.39 is 76.0 Å². The van der Waals surface area contributed by atoms with Crippen molar-refractivity contribution in [2.75, 3.05) is 14.1 Å². The molecule has 4 aromatic rings. The number of alkyl halides is 6. The van der Waals surface area contributed by atoms with Crippen LogP contribution in [0.5, 0.6) is 5.75 Å². The average Bonchev–Trinajstić information content (AvgIpc) is 2.97. The first-order valence-electron chi connectivity index (χ1n) is 13.1. The Balaban J connectivity index is 2.03. The summed E-state index contributed by atoms with van der Waals surface area (Å²) < 4.78 is 117. The molecule has 1 atom stereocenters. The maximum Gasteiger partial charge on any atom is 0.416 e. The Morgan fingerprint density at radius 3 is 1.98 bits per heavy atom. The number of benzene rings is 4. The third kappa shape index (κ3) is 7.59. The molecule has 0 heterocycles. The molecule has 0 bridgehead atoms. The van der Waals surface area contributed by atoms with Gasteiger partial charge in [-0.1, -0.05) is 42.5 Å². The normalized spacial score (nSPS) is 13.1. The zero-order valence-corrected chi connectivity index (χ0v) is 23.6. The number of hydrogen-bond acceptors (Lipinski definition) is 3. The van der Waals surface area contributed by atoms with Gasteiger partial charge in [-0.25, -0.2) is 13.6 Å². The maximum atomic E-state index is 14.9. The van der Waals surface area contributed by atoms with Crippen LogP contribution in [0.3, 0.4) is 0 Å². The van der Waals surface area contributed by atoms with E-state index in [9.17, 15) is 44.7 Å². The summed E-state index contributed by atoms with van der Waals surface area (Å²) in [5, 5.41) is 2.52. The Morgan fingerprint density at radius 1 is 0.711 bits per heavy atom. The summed E-state index contributed by atoms with van der Waals surface area (Å²) in [5.74, 6) is -4.25. The molecule has 0 aliphatic carbocycles. The Hall–Kier alpha value is -4.94. The molecule has 0 spiro atoms. The van der Waals surface area contributed by atoms with Crippen LogP contribution in [0.2, 0.25) is 0 Å². The zero-order chi connectivity index (χ0) is 33.2. The SMILES string of the molecule is CN(C)C(=O)Oc1cc([C@@](Cc2ccccc2)(NC(=O)c2cccc(C(F)(F)F)c2)c2cc(F)cc(C(F)(F)F)c2)ccc1F. The predicted molar refractivity (Wildman–Crippen MR) is 147 cm³/mol. The van der Waals surface area contributed by atoms with Crippen LogP contribution in [0, 0.1) is 11.6 Å². The molecule has 0 fully saturated rings. The summed E-state index contributed by atoms with van der Waals surface area (Å²) in [7, 11) is 2.62. The van der Waals surface area contributed by atoms with Crippen molar-refractivity contribution in [2.24, 2.45) is 0 Å². The number of carbonyl (C=O) groups excluding carboxylic acids is 2. The van der Waals surface area contributed by atoms with E-state index in [1.807, 2.05) is 0 Å². The Bertz CT molecular complexity index is 1710. The van der Waals surface area contributed by atoms with Crippen molar-refractivity contribution >= 4 is 12.0 Å². The van der Waals surface area contributed by atoms with Gasteiger partial charge in [0, 0.05) is 26.1 Å². The van der Waals surface area contributed by atoms with E-state index >= 15 is 0 Å². The molecule has 0 unspecified atom stereocenters. The summed E-state index contributed by atoms with van der Waals surface area (Å²) in [4.78, 5) is 26.9. The van der Waals surface area contributed by atoms with E-state index in [2.05, 4.69) is 5.32 Å². The molecule has 2 amide bonds. The van der Waals surface area contributed by atoms with Crippen molar-refractivity contribution in [3.8, 4) is 5.75 Å². The second-order valence-corrected chi connectivity index (χ2v) is 10.2. The molecular weight excluding hydrogens is 612 g/mol. The van der Waals surface area contributed by atoms with Crippen LogP contribution < -0.4 is 10.1 Å². The number of nitrogens with one attached hydrogen (secondary N) is 1. The van der Waals surface area contributed by atoms with Gasteiger partial charge in [0.05, 0.1) is 16.7 Å². The average molecular weight is 637 g/mol. The molecular formula is C32H24F8N2O3. The lowest BCUT2D eigenvalue weighted by Crippen LogP contribution is -2.49. The first kappa shape index (κ1) is 33.0. The van der Waals surface area contributed by atoms with Crippen molar-refractivity contribution in [3.05, 3.63) is 136 Å². The van der Waals surface area contributed by atoms with Crippen LogP contribution in [0.4, 0.5) is 39.9 Å². The molecule has 0 aromatic heterocycles. The van der Waals surface area contributed by atoms with Crippen molar-refractivity contribution < 1.29 is 49.4 Å². The van der Waals surface area contributed by atoms with Crippen molar-refractivity contribution in [1.29, 1.82) is 0 Å². The van der Waals surface area contributed by atoms with E-state index in [4.69, 9.17) is 4.74 Å². The van der Waals surface area contributed by atoms with E-state index in [-0.39, 0.29) is 11.6 Å². The predicted octanol–water partition coefficient (Wildman–Crippen LogP) is 7.98. The number of hydrogen-bond donors (Lipinski definition) is 1. The van der Waals surface area contributed by atoms with Gasteiger partial charge in [0.15, 0.2) is 11.6 Å². The quantitative estimate of drug-likeness (QED) is 0.209. The number of nitrogens with zero attached hydrogens (tertiary/aromatic N) is 1. The molecule has 0 saturated heterocycles. The number of carbonyl (C=O) groups is 2. The molecule has 0 radical (unpaired) electrons. The number of halogens is 8. The van der Waals surface area contributed by atoms with E-state index in [1.165, 1.54) is 14.1 Å². The van der Waals surface area contributed by atoms with Crippen LogP contribution in [0.15, 0.2) is 91.0 Å². The van der Waals surface area contributed by atoms with Gasteiger partial charge in [-0.2, -0.15) is 26.3 Å². The van der Waals surface area contributed by atoms with Gasteiger partial charge in [-0.3, -0.25) is 4.79 Å². The smallest absolute Gasteiger partial charge is 0.407 e. The Kier molecular flexibility index (Phi) is 9.22. The molecule has 13 heteroatoms. The van der Waals surface area contributed by atoms with Gasteiger partial charge in [-0.05, 0) is 65.2 Å². The standard InChI is InChI=1S/C32H24F8N2O3/c1-42(2)29(44)45-27-17-21(11-12-26(27)34)30(18-19-7-4-3-5-8-19,23-14-24(32(38,39)40)16-25(33)15-23)41-28(43)20-9-6-10-22(13-20)31(35,36)37/h3-17H,18H2,1-2H3,(H,41,43)/t30-/m1/s1. The highest BCUT2D eigenvalue weighted by Gasteiger charge is 2.41. The zero-order valence-electron chi connectivity index (χ0n) is 23.6. The summed E-state index contributed by atoms with van der Waals surface area (Å²) in [6.45, 7) is 0. The molecule has 4 aromatic carbocycles. The van der Waals surface area contributed by atoms with Crippen LogP contribution in [0.1, 0.15) is 38.2 Å². The number of rotatable bonds is 7. The summed E-state index contributed by atoms with van der Waals surface area (Å²) in [5.41, 5.74) is -5.57. The van der Waals surface area contributed by atoms with Crippen molar-refractivity contribution in [2.45, 2.75) is 24.3 Å².